The Morgan fingerprint density at radius 3 is 2.54 bits per heavy atom. The number of hydrogen-bond acceptors (Lipinski definition) is 5. The number of fused-ring (bicyclic) bond motifs is 1. The number of anilines is 1. The van der Waals surface area contributed by atoms with Crippen molar-refractivity contribution in [1.82, 2.24) is 14.1 Å². The van der Waals surface area contributed by atoms with E-state index in [1.807, 2.05) is 0 Å². The van der Waals surface area contributed by atoms with Crippen molar-refractivity contribution in [3.05, 3.63) is 62.4 Å². The molecule has 1 aromatic carbocycles. The van der Waals surface area contributed by atoms with Gasteiger partial charge in [-0.15, -0.1) is 0 Å². The Balaban J connectivity index is 1.87. The summed E-state index contributed by atoms with van der Waals surface area (Å²) in [5, 5.41) is 3.33. The first-order chi connectivity index (χ1) is 12.4. The highest BCUT2D eigenvalue weighted by molar-refractivity contribution is 6.30. The SMILES string of the molecule is Cn1c(=O)c2c(NC(=O)COc3ccc(Cl)cc3)ccnc2n(C)c1=O. The summed E-state index contributed by atoms with van der Waals surface area (Å²) in [6, 6.07) is 8.07. The topological polar surface area (TPSA) is 95.2 Å². The summed E-state index contributed by atoms with van der Waals surface area (Å²) in [4.78, 5) is 40.7. The first-order valence-corrected chi connectivity index (χ1v) is 7.99. The van der Waals surface area contributed by atoms with Gasteiger partial charge >= 0.3 is 5.69 Å². The minimum Gasteiger partial charge on any atom is -0.484 e. The molecule has 3 rings (SSSR count). The molecule has 0 saturated heterocycles. The van der Waals surface area contributed by atoms with Crippen LogP contribution in [0.3, 0.4) is 0 Å². The Bertz CT molecular complexity index is 1100. The highest BCUT2D eigenvalue weighted by atomic mass is 35.5. The molecule has 2 aromatic heterocycles. The normalized spacial score (nSPS) is 10.7. The average molecular weight is 375 g/mol. The maximum absolute atomic E-state index is 12.4. The summed E-state index contributed by atoms with van der Waals surface area (Å²) >= 11 is 5.79. The number of hydrogen-bond donors (Lipinski definition) is 1. The second-order valence-electron chi connectivity index (χ2n) is 5.55. The largest absolute Gasteiger partial charge is 0.484 e. The first-order valence-electron chi connectivity index (χ1n) is 7.61. The number of rotatable bonds is 4. The number of nitrogens with one attached hydrogen (secondary N) is 1. The van der Waals surface area contributed by atoms with Crippen molar-refractivity contribution in [2.45, 2.75) is 0 Å². The molecule has 0 spiro atoms. The van der Waals surface area contributed by atoms with E-state index in [2.05, 4.69) is 10.3 Å². The lowest BCUT2D eigenvalue weighted by Gasteiger charge is -2.11. The molecule has 0 radical (unpaired) electrons. The van der Waals surface area contributed by atoms with E-state index in [0.29, 0.717) is 10.8 Å². The van der Waals surface area contributed by atoms with Gasteiger partial charge in [0.15, 0.2) is 12.3 Å². The molecule has 9 heteroatoms. The molecule has 2 heterocycles. The molecule has 1 amide bonds. The number of carbonyl (C=O) groups excluding carboxylic acids is 1. The van der Waals surface area contributed by atoms with Crippen molar-refractivity contribution in [1.29, 1.82) is 0 Å². The van der Waals surface area contributed by atoms with Gasteiger partial charge in [-0.1, -0.05) is 11.6 Å². The number of aromatic nitrogens is 3. The lowest BCUT2D eigenvalue weighted by atomic mass is 10.2. The van der Waals surface area contributed by atoms with Crippen LogP contribution in [0.4, 0.5) is 5.69 Å². The van der Waals surface area contributed by atoms with E-state index in [1.54, 1.807) is 24.3 Å². The van der Waals surface area contributed by atoms with Crippen LogP contribution in [0.15, 0.2) is 46.1 Å². The fourth-order valence-corrected chi connectivity index (χ4v) is 2.58. The first kappa shape index (κ1) is 17.7. The van der Waals surface area contributed by atoms with Gasteiger partial charge in [0.2, 0.25) is 0 Å². The Labute approximate surface area is 152 Å². The molecule has 26 heavy (non-hydrogen) atoms. The standard InChI is InChI=1S/C17H15ClN4O4/c1-21-15-14(16(24)22(2)17(21)25)12(7-8-19-15)20-13(23)9-26-11-5-3-10(18)4-6-11/h3-8H,9H2,1-2H3,(H,19,20,23). The summed E-state index contributed by atoms with van der Waals surface area (Å²) in [6.07, 6.45) is 1.41. The second-order valence-corrected chi connectivity index (χ2v) is 5.99. The molecular weight excluding hydrogens is 360 g/mol. The van der Waals surface area contributed by atoms with Crippen LogP contribution >= 0.6 is 11.6 Å². The number of nitrogens with zero attached hydrogens (tertiary/aromatic N) is 3. The van der Waals surface area contributed by atoms with Crippen LogP contribution in [-0.4, -0.2) is 26.6 Å². The summed E-state index contributed by atoms with van der Waals surface area (Å²) in [5.74, 6) is 0.0332. The summed E-state index contributed by atoms with van der Waals surface area (Å²) in [5.41, 5.74) is -0.583. The van der Waals surface area contributed by atoms with Gasteiger partial charge in [-0.2, -0.15) is 0 Å². The lowest BCUT2D eigenvalue weighted by Crippen LogP contribution is -2.37. The monoisotopic (exact) mass is 374 g/mol. The number of ether oxygens (including phenoxy) is 1. The maximum atomic E-state index is 12.4. The zero-order valence-corrected chi connectivity index (χ0v) is 14.8. The number of carbonyl (C=O) groups is 1. The van der Waals surface area contributed by atoms with Gasteiger partial charge in [0.1, 0.15) is 11.1 Å². The third-order valence-electron chi connectivity index (χ3n) is 3.80. The Morgan fingerprint density at radius 1 is 1.15 bits per heavy atom. The summed E-state index contributed by atoms with van der Waals surface area (Å²) in [7, 11) is 2.87. The zero-order valence-electron chi connectivity index (χ0n) is 14.0. The number of benzene rings is 1. The molecule has 0 fully saturated rings. The van der Waals surface area contributed by atoms with E-state index in [0.717, 1.165) is 4.57 Å². The van der Waals surface area contributed by atoms with Gasteiger partial charge in [-0.3, -0.25) is 18.7 Å². The highest BCUT2D eigenvalue weighted by Gasteiger charge is 2.15. The molecule has 3 aromatic rings. The third kappa shape index (κ3) is 3.31. The minimum absolute atomic E-state index is 0.150. The third-order valence-corrected chi connectivity index (χ3v) is 4.05. The average Bonchev–Trinajstić information content (AvgIpc) is 2.64. The predicted molar refractivity (Wildman–Crippen MR) is 97.8 cm³/mol. The van der Waals surface area contributed by atoms with Crippen LogP contribution in [0.1, 0.15) is 0 Å². The van der Waals surface area contributed by atoms with Crippen LogP contribution in [-0.2, 0) is 18.9 Å². The van der Waals surface area contributed by atoms with Gasteiger partial charge in [0.25, 0.3) is 11.5 Å². The van der Waals surface area contributed by atoms with E-state index < -0.39 is 17.2 Å². The zero-order chi connectivity index (χ0) is 18.8. The van der Waals surface area contributed by atoms with Gasteiger partial charge in [0, 0.05) is 25.3 Å². The molecule has 0 atom stereocenters. The van der Waals surface area contributed by atoms with E-state index in [-0.39, 0.29) is 23.3 Å². The molecule has 0 saturated carbocycles. The number of halogens is 1. The Morgan fingerprint density at radius 2 is 1.85 bits per heavy atom. The van der Waals surface area contributed by atoms with Gasteiger partial charge < -0.3 is 10.1 Å². The molecule has 8 nitrogen and oxygen atoms in total. The van der Waals surface area contributed by atoms with E-state index in [9.17, 15) is 14.4 Å². The second kappa shape index (κ2) is 7.01. The Kier molecular flexibility index (Phi) is 4.77. The van der Waals surface area contributed by atoms with Crippen molar-refractivity contribution in [3.8, 4) is 5.75 Å². The quantitative estimate of drug-likeness (QED) is 0.742. The molecular formula is C17H15ClN4O4. The predicted octanol–water partition coefficient (Wildman–Crippen LogP) is 1.30. The maximum Gasteiger partial charge on any atom is 0.332 e. The molecule has 0 unspecified atom stereocenters. The van der Waals surface area contributed by atoms with E-state index in [1.165, 1.54) is 30.9 Å². The fraction of sp³-hybridized carbons (Fsp3) is 0.176. The molecule has 0 aliphatic rings. The number of amides is 1. The van der Waals surface area contributed by atoms with Crippen molar-refractivity contribution in [2.75, 3.05) is 11.9 Å². The summed E-state index contributed by atoms with van der Waals surface area (Å²) in [6.45, 7) is -0.252. The van der Waals surface area contributed by atoms with Crippen LogP contribution < -0.4 is 21.3 Å². The molecule has 0 aliphatic heterocycles. The highest BCUT2D eigenvalue weighted by Crippen LogP contribution is 2.17. The van der Waals surface area contributed by atoms with Crippen molar-refractivity contribution < 1.29 is 9.53 Å². The molecule has 134 valence electrons. The molecule has 0 aliphatic carbocycles. The molecule has 0 bridgehead atoms. The Hall–Kier alpha value is -3.13. The van der Waals surface area contributed by atoms with Gasteiger partial charge in [0.05, 0.1) is 5.69 Å². The van der Waals surface area contributed by atoms with Crippen LogP contribution in [0, 0.1) is 0 Å². The van der Waals surface area contributed by atoms with Crippen LogP contribution in [0.2, 0.25) is 5.02 Å². The number of pyridine rings is 1. The van der Waals surface area contributed by atoms with Crippen LogP contribution in [0.25, 0.3) is 11.0 Å². The minimum atomic E-state index is -0.537. The van der Waals surface area contributed by atoms with Crippen molar-refractivity contribution in [2.24, 2.45) is 14.1 Å². The lowest BCUT2D eigenvalue weighted by molar-refractivity contribution is -0.118. The molecule has 1 N–H and O–H groups in total. The van der Waals surface area contributed by atoms with Crippen LogP contribution in [0.5, 0.6) is 5.75 Å². The number of aryl methyl sites for hydroxylation is 1. The van der Waals surface area contributed by atoms with Gasteiger partial charge in [-0.05, 0) is 30.3 Å². The van der Waals surface area contributed by atoms with E-state index >= 15 is 0 Å². The smallest absolute Gasteiger partial charge is 0.332 e. The van der Waals surface area contributed by atoms with E-state index in [4.69, 9.17) is 16.3 Å². The van der Waals surface area contributed by atoms with Crippen molar-refractivity contribution in [3.63, 3.8) is 0 Å². The van der Waals surface area contributed by atoms with Crippen molar-refractivity contribution >= 4 is 34.2 Å². The fourth-order valence-electron chi connectivity index (χ4n) is 2.46. The summed E-state index contributed by atoms with van der Waals surface area (Å²) < 4.78 is 7.59. The van der Waals surface area contributed by atoms with Gasteiger partial charge in [-0.25, -0.2) is 9.78 Å².